The lowest BCUT2D eigenvalue weighted by molar-refractivity contribution is 0.204. The maximum Gasteiger partial charge on any atom is 0.141 e. The molecule has 2 aliphatic rings. The zero-order valence-electron chi connectivity index (χ0n) is 20.7. The summed E-state index contributed by atoms with van der Waals surface area (Å²) < 4.78 is 19.5. The second-order valence-electron chi connectivity index (χ2n) is 9.48. The number of likely N-dealkylation sites (tertiary alicyclic amines) is 1. The minimum absolute atomic E-state index is 0.0646. The molecule has 2 aromatic carbocycles. The van der Waals surface area contributed by atoms with Crippen LogP contribution in [0.2, 0.25) is 5.02 Å². The summed E-state index contributed by atoms with van der Waals surface area (Å²) in [6, 6.07) is 8.47. The van der Waals surface area contributed by atoms with Crippen molar-refractivity contribution in [3.63, 3.8) is 0 Å². The first-order chi connectivity index (χ1) is 17.1. The standard InChI is InChI=1S/C23H26ClFN4O.C5H10/c1-16-12-18-21(14-22(16)30-11-5-10-29-8-3-2-4-9-29)26-15-27-23(18)28-17-6-7-20(25)19(24)13-17;1-2-4-5-3-1/h6-7,12-15H,2-5,8-11H2,1H3,(H,26,27,28);1-5H2. The van der Waals surface area contributed by atoms with Gasteiger partial charge in [0.25, 0.3) is 0 Å². The van der Waals surface area contributed by atoms with E-state index in [1.165, 1.54) is 82.9 Å². The first-order valence-electron chi connectivity index (χ1n) is 12.9. The van der Waals surface area contributed by atoms with Gasteiger partial charge < -0.3 is 15.0 Å². The molecule has 1 aliphatic carbocycles. The van der Waals surface area contributed by atoms with Crippen LogP contribution in [-0.2, 0) is 0 Å². The lowest BCUT2D eigenvalue weighted by atomic mass is 10.1. The molecule has 0 amide bonds. The zero-order valence-corrected chi connectivity index (χ0v) is 21.4. The van der Waals surface area contributed by atoms with Gasteiger partial charge in [-0.2, -0.15) is 0 Å². The van der Waals surface area contributed by atoms with E-state index in [2.05, 4.69) is 20.2 Å². The third kappa shape index (κ3) is 7.52. The Morgan fingerprint density at radius 1 is 0.971 bits per heavy atom. The van der Waals surface area contributed by atoms with Crippen molar-refractivity contribution in [2.24, 2.45) is 0 Å². The maximum absolute atomic E-state index is 13.4. The van der Waals surface area contributed by atoms with E-state index in [9.17, 15) is 4.39 Å². The number of benzene rings is 2. The Bertz CT molecular complexity index is 1090. The Morgan fingerprint density at radius 3 is 2.40 bits per heavy atom. The molecule has 2 fully saturated rings. The molecule has 0 radical (unpaired) electrons. The number of hydrogen-bond donors (Lipinski definition) is 1. The Labute approximate surface area is 213 Å². The maximum atomic E-state index is 13.4. The second-order valence-corrected chi connectivity index (χ2v) is 9.89. The van der Waals surface area contributed by atoms with Crippen LogP contribution in [0.5, 0.6) is 5.75 Å². The van der Waals surface area contributed by atoms with Crippen LogP contribution in [0, 0.1) is 12.7 Å². The number of anilines is 2. The van der Waals surface area contributed by atoms with E-state index < -0.39 is 5.82 Å². The monoisotopic (exact) mass is 498 g/mol. The Hall–Kier alpha value is -2.44. The highest BCUT2D eigenvalue weighted by molar-refractivity contribution is 6.31. The molecule has 1 N–H and O–H groups in total. The number of nitrogens with zero attached hydrogens (tertiary/aromatic N) is 3. The van der Waals surface area contributed by atoms with E-state index in [1.54, 1.807) is 6.07 Å². The average Bonchev–Trinajstić information content (AvgIpc) is 3.46. The van der Waals surface area contributed by atoms with Gasteiger partial charge in [-0.25, -0.2) is 14.4 Å². The molecule has 2 heterocycles. The largest absolute Gasteiger partial charge is 0.493 e. The first-order valence-corrected chi connectivity index (χ1v) is 13.3. The molecule has 0 unspecified atom stereocenters. The third-order valence-corrected chi connectivity index (χ3v) is 6.98. The molecular formula is C28H36ClFN4O. The van der Waals surface area contributed by atoms with Crippen molar-refractivity contribution in [3.8, 4) is 5.75 Å². The van der Waals surface area contributed by atoms with Crippen LogP contribution in [0.3, 0.4) is 0 Å². The summed E-state index contributed by atoms with van der Waals surface area (Å²) in [6.45, 7) is 6.21. The van der Waals surface area contributed by atoms with Crippen molar-refractivity contribution >= 4 is 34.0 Å². The fourth-order valence-electron chi connectivity index (χ4n) is 4.70. The number of rotatable bonds is 7. The van der Waals surface area contributed by atoms with Crippen LogP contribution in [0.1, 0.15) is 63.4 Å². The van der Waals surface area contributed by atoms with Gasteiger partial charge >= 0.3 is 0 Å². The van der Waals surface area contributed by atoms with Gasteiger partial charge in [-0.05, 0) is 69.1 Å². The smallest absolute Gasteiger partial charge is 0.141 e. The fraction of sp³-hybridized carbons (Fsp3) is 0.500. The highest BCUT2D eigenvalue weighted by atomic mass is 35.5. The molecular weight excluding hydrogens is 463 g/mol. The number of halogens is 2. The molecule has 5 rings (SSSR count). The molecule has 5 nitrogen and oxygen atoms in total. The SMILES string of the molecule is C1CCCC1.Cc1cc2c(Nc3ccc(F)c(Cl)c3)ncnc2cc1OCCCN1CCCCC1. The third-order valence-electron chi connectivity index (χ3n) is 6.69. The van der Waals surface area contributed by atoms with Gasteiger partial charge in [0.05, 0.1) is 17.1 Å². The summed E-state index contributed by atoms with van der Waals surface area (Å²) in [7, 11) is 0. The van der Waals surface area contributed by atoms with E-state index in [4.69, 9.17) is 16.3 Å². The number of aromatic nitrogens is 2. The van der Waals surface area contributed by atoms with Crippen molar-refractivity contribution < 1.29 is 9.13 Å². The predicted molar refractivity (Wildman–Crippen MR) is 142 cm³/mol. The predicted octanol–water partition coefficient (Wildman–Crippen LogP) is 7.68. The lowest BCUT2D eigenvalue weighted by Gasteiger charge is -2.26. The summed E-state index contributed by atoms with van der Waals surface area (Å²) in [5.41, 5.74) is 2.48. The topological polar surface area (TPSA) is 50.3 Å². The minimum atomic E-state index is -0.451. The van der Waals surface area contributed by atoms with Crippen LogP contribution in [-0.4, -0.2) is 41.1 Å². The fourth-order valence-corrected chi connectivity index (χ4v) is 4.88. The molecule has 1 saturated heterocycles. The summed E-state index contributed by atoms with van der Waals surface area (Å²) >= 11 is 5.89. The zero-order chi connectivity index (χ0) is 24.5. The Kier molecular flexibility index (Phi) is 9.55. The molecule has 3 aromatic rings. The van der Waals surface area contributed by atoms with Gasteiger partial charge in [-0.1, -0.05) is 50.1 Å². The Morgan fingerprint density at radius 2 is 1.69 bits per heavy atom. The molecule has 0 bridgehead atoms. The lowest BCUT2D eigenvalue weighted by Crippen LogP contribution is -2.31. The summed E-state index contributed by atoms with van der Waals surface area (Å²) in [6.07, 6.45) is 14.0. The normalized spacial score (nSPS) is 16.1. The van der Waals surface area contributed by atoms with Gasteiger partial charge in [-0.15, -0.1) is 0 Å². The van der Waals surface area contributed by atoms with Crippen LogP contribution in [0.4, 0.5) is 15.9 Å². The second kappa shape index (κ2) is 13.0. The first kappa shape index (κ1) is 25.6. The van der Waals surface area contributed by atoms with Gasteiger partial charge in [0.2, 0.25) is 0 Å². The van der Waals surface area contributed by atoms with Crippen molar-refractivity contribution in [1.82, 2.24) is 14.9 Å². The summed E-state index contributed by atoms with van der Waals surface area (Å²) in [5, 5.41) is 4.14. The van der Waals surface area contributed by atoms with Crippen molar-refractivity contribution in [2.45, 2.75) is 64.7 Å². The molecule has 1 aromatic heterocycles. The van der Waals surface area contributed by atoms with Crippen molar-refractivity contribution in [1.29, 1.82) is 0 Å². The average molecular weight is 499 g/mol. The summed E-state index contributed by atoms with van der Waals surface area (Å²) in [4.78, 5) is 11.3. The molecule has 7 heteroatoms. The van der Waals surface area contributed by atoms with Crippen molar-refractivity contribution in [3.05, 3.63) is 53.1 Å². The van der Waals surface area contributed by atoms with E-state index in [0.29, 0.717) is 18.1 Å². The number of fused-ring (bicyclic) bond motifs is 1. The Balaban J connectivity index is 0.000000514. The highest BCUT2D eigenvalue weighted by Crippen LogP contribution is 2.30. The molecule has 35 heavy (non-hydrogen) atoms. The summed E-state index contributed by atoms with van der Waals surface area (Å²) in [5.74, 6) is 1.03. The number of ether oxygens (including phenoxy) is 1. The molecule has 1 aliphatic heterocycles. The molecule has 0 atom stereocenters. The number of hydrogen-bond acceptors (Lipinski definition) is 5. The van der Waals surface area contributed by atoms with Crippen LogP contribution in [0.25, 0.3) is 10.9 Å². The van der Waals surface area contributed by atoms with Gasteiger partial charge in [0.15, 0.2) is 0 Å². The minimum Gasteiger partial charge on any atom is -0.493 e. The molecule has 0 spiro atoms. The van der Waals surface area contributed by atoms with E-state index >= 15 is 0 Å². The van der Waals surface area contributed by atoms with Crippen molar-refractivity contribution in [2.75, 3.05) is 31.6 Å². The van der Waals surface area contributed by atoms with Crippen LogP contribution >= 0.6 is 11.6 Å². The van der Waals surface area contributed by atoms with Crippen LogP contribution in [0.15, 0.2) is 36.7 Å². The number of aryl methyl sites for hydroxylation is 1. The number of piperidine rings is 1. The quantitative estimate of drug-likeness (QED) is 0.338. The van der Waals surface area contributed by atoms with Gasteiger partial charge in [0.1, 0.15) is 23.7 Å². The molecule has 1 saturated carbocycles. The van der Waals surface area contributed by atoms with Gasteiger partial charge in [-0.3, -0.25) is 0 Å². The van der Waals surface area contributed by atoms with E-state index in [1.807, 2.05) is 19.1 Å². The van der Waals surface area contributed by atoms with E-state index in [-0.39, 0.29) is 5.02 Å². The van der Waals surface area contributed by atoms with Crippen LogP contribution < -0.4 is 10.1 Å². The number of nitrogens with one attached hydrogen (secondary N) is 1. The van der Waals surface area contributed by atoms with E-state index in [0.717, 1.165) is 35.2 Å². The van der Waals surface area contributed by atoms with Gasteiger partial charge in [0, 0.05) is 23.7 Å². The molecule has 188 valence electrons. The highest BCUT2D eigenvalue weighted by Gasteiger charge is 2.12.